The molecule has 1 fully saturated rings. The molecule has 2 aliphatic rings. The third-order valence-electron chi connectivity index (χ3n) is 4.89. The second-order valence-corrected chi connectivity index (χ2v) is 6.80. The Hall–Kier alpha value is -2.48. The first-order valence-electron chi connectivity index (χ1n) is 8.86. The fourth-order valence-corrected chi connectivity index (χ4v) is 3.29. The fraction of sp³-hybridized carbons (Fsp3) is 0.556. The van der Waals surface area contributed by atoms with Crippen LogP contribution in [0.4, 0.5) is 0 Å². The lowest BCUT2D eigenvalue weighted by atomic mass is 9.75. The zero-order valence-electron chi connectivity index (χ0n) is 14.8. The maximum absolute atomic E-state index is 12.4. The Labute approximate surface area is 152 Å². The minimum atomic E-state index is -0.307. The molecule has 0 spiro atoms. The van der Waals surface area contributed by atoms with Gasteiger partial charge in [-0.25, -0.2) is 5.43 Å². The normalized spacial score (nSPS) is 23.3. The van der Waals surface area contributed by atoms with E-state index in [2.05, 4.69) is 20.8 Å². The minimum absolute atomic E-state index is 0.0844. The van der Waals surface area contributed by atoms with E-state index in [9.17, 15) is 14.7 Å². The molecule has 3 rings (SSSR count). The molecule has 140 valence electrons. The van der Waals surface area contributed by atoms with Gasteiger partial charge in [0.25, 0.3) is 0 Å². The number of nitrogens with zero attached hydrogens (tertiary/aromatic N) is 2. The molecule has 0 aromatic carbocycles. The molecule has 1 atom stereocenters. The Morgan fingerprint density at radius 1 is 1.42 bits per heavy atom. The van der Waals surface area contributed by atoms with Gasteiger partial charge in [-0.05, 0) is 43.2 Å². The van der Waals surface area contributed by atoms with Gasteiger partial charge in [0.2, 0.25) is 11.8 Å². The topological polar surface area (TPSA) is 113 Å². The largest absolute Gasteiger partial charge is 0.495 e. The maximum atomic E-state index is 12.4. The highest BCUT2D eigenvalue weighted by Crippen LogP contribution is 2.38. The zero-order valence-corrected chi connectivity index (χ0v) is 14.8. The zero-order chi connectivity index (χ0) is 18.5. The molecule has 1 aromatic rings. The van der Waals surface area contributed by atoms with E-state index < -0.39 is 0 Å². The summed E-state index contributed by atoms with van der Waals surface area (Å²) in [5.74, 6) is 0.634. The fourth-order valence-electron chi connectivity index (χ4n) is 3.29. The number of hydrogen-bond acceptors (Lipinski definition) is 6. The summed E-state index contributed by atoms with van der Waals surface area (Å²) < 4.78 is 5.22. The SMILES string of the molecule is COc1cncc([C@@H](NC(=O)CCC2=NNC(=O)CC2)C2CC(O)C2)c1. The van der Waals surface area contributed by atoms with Crippen LogP contribution in [0.5, 0.6) is 5.75 Å². The highest BCUT2D eigenvalue weighted by molar-refractivity contribution is 5.94. The molecule has 1 aromatic heterocycles. The lowest BCUT2D eigenvalue weighted by Gasteiger charge is -2.38. The molecule has 8 heteroatoms. The van der Waals surface area contributed by atoms with E-state index in [4.69, 9.17) is 4.74 Å². The van der Waals surface area contributed by atoms with Gasteiger partial charge in [0.15, 0.2) is 0 Å². The first kappa shape index (κ1) is 18.3. The van der Waals surface area contributed by atoms with Gasteiger partial charge in [0, 0.05) is 24.8 Å². The first-order chi connectivity index (χ1) is 12.5. The molecule has 2 amide bonds. The van der Waals surface area contributed by atoms with Crippen LogP contribution in [-0.2, 0) is 9.59 Å². The Balaban J connectivity index is 1.61. The number of aliphatic hydroxyl groups excluding tert-OH is 1. The van der Waals surface area contributed by atoms with Crippen molar-refractivity contribution in [1.29, 1.82) is 0 Å². The number of amides is 2. The van der Waals surface area contributed by atoms with Crippen LogP contribution in [0.1, 0.15) is 50.1 Å². The second-order valence-electron chi connectivity index (χ2n) is 6.80. The molecular weight excluding hydrogens is 336 g/mol. The molecule has 3 N–H and O–H groups in total. The predicted molar refractivity (Wildman–Crippen MR) is 94.4 cm³/mol. The van der Waals surface area contributed by atoms with Crippen molar-refractivity contribution in [3.05, 3.63) is 24.0 Å². The van der Waals surface area contributed by atoms with Crippen LogP contribution >= 0.6 is 0 Å². The number of ether oxygens (including phenoxy) is 1. The highest BCUT2D eigenvalue weighted by Gasteiger charge is 2.36. The number of aliphatic hydroxyl groups is 1. The van der Waals surface area contributed by atoms with Crippen molar-refractivity contribution in [3.63, 3.8) is 0 Å². The molecule has 0 bridgehead atoms. The van der Waals surface area contributed by atoms with E-state index in [1.165, 1.54) is 0 Å². The van der Waals surface area contributed by atoms with Gasteiger partial charge >= 0.3 is 0 Å². The monoisotopic (exact) mass is 360 g/mol. The standard InChI is InChI=1S/C18H24N4O4/c1-26-15-8-12(9-19-10-15)18(11-6-14(23)7-11)20-16(24)4-2-13-3-5-17(25)22-21-13/h8-11,14,18,23H,2-7H2,1H3,(H,20,24)(H,22,25)/t11?,14?,18-/m0/s1. The van der Waals surface area contributed by atoms with Crippen molar-refractivity contribution in [1.82, 2.24) is 15.7 Å². The average Bonchev–Trinajstić information content (AvgIpc) is 2.63. The summed E-state index contributed by atoms with van der Waals surface area (Å²) in [6, 6.07) is 1.66. The number of aromatic nitrogens is 1. The molecule has 1 aliphatic heterocycles. The molecule has 26 heavy (non-hydrogen) atoms. The minimum Gasteiger partial charge on any atom is -0.495 e. The lowest BCUT2D eigenvalue weighted by Crippen LogP contribution is -2.41. The number of rotatable bonds is 7. The van der Waals surface area contributed by atoms with E-state index in [1.54, 1.807) is 19.5 Å². The number of carbonyl (C=O) groups excluding carboxylic acids is 2. The van der Waals surface area contributed by atoms with Crippen molar-refractivity contribution in [3.8, 4) is 5.75 Å². The van der Waals surface area contributed by atoms with E-state index in [1.807, 2.05) is 6.07 Å². The van der Waals surface area contributed by atoms with Gasteiger partial charge in [-0.2, -0.15) is 5.10 Å². The Kier molecular flexibility index (Phi) is 5.82. The molecule has 1 saturated carbocycles. The summed E-state index contributed by atoms with van der Waals surface area (Å²) in [7, 11) is 1.57. The van der Waals surface area contributed by atoms with Crippen LogP contribution in [-0.4, -0.2) is 40.8 Å². The summed E-state index contributed by atoms with van der Waals surface area (Å²) in [6.07, 6.45) is 6.17. The number of nitrogens with one attached hydrogen (secondary N) is 2. The van der Waals surface area contributed by atoms with Gasteiger partial charge in [-0.1, -0.05) is 0 Å². The van der Waals surface area contributed by atoms with E-state index in [0.29, 0.717) is 44.3 Å². The molecule has 0 unspecified atom stereocenters. The van der Waals surface area contributed by atoms with E-state index >= 15 is 0 Å². The molecule has 2 heterocycles. The molecule has 1 aliphatic carbocycles. The van der Waals surface area contributed by atoms with E-state index in [0.717, 1.165) is 11.3 Å². The van der Waals surface area contributed by atoms with Gasteiger partial charge in [-0.15, -0.1) is 0 Å². The first-order valence-corrected chi connectivity index (χ1v) is 8.86. The average molecular weight is 360 g/mol. The Bertz CT molecular complexity index is 700. The van der Waals surface area contributed by atoms with Crippen LogP contribution in [0.2, 0.25) is 0 Å². The lowest BCUT2D eigenvalue weighted by molar-refractivity contribution is -0.123. The van der Waals surface area contributed by atoms with Gasteiger partial charge in [0.1, 0.15) is 5.75 Å². The van der Waals surface area contributed by atoms with Crippen LogP contribution < -0.4 is 15.5 Å². The molecule has 0 radical (unpaired) electrons. The third-order valence-corrected chi connectivity index (χ3v) is 4.89. The van der Waals surface area contributed by atoms with E-state index in [-0.39, 0.29) is 29.9 Å². The van der Waals surface area contributed by atoms with Crippen molar-refractivity contribution >= 4 is 17.5 Å². The third kappa shape index (κ3) is 4.57. The quantitative estimate of drug-likeness (QED) is 0.673. The van der Waals surface area contributed by atoms with Crippen LogP contribution in [0.25, 0.3) is 0 Å². The Morgan fingerprint density at radius 2 is 2.23 bits per heavy atom. The Morgan fingerprint density at radius 3 is 2.88 bits per heavy atom. The van der Waals surface area contributed by atoms with Crippen LogP contribution in [0.15, 0.2) is 23.6 Å². The van der Waals surface area contributed by atoms with Crippen molar-refractivity contribution in [2.75, 3.05) is 7.11 Å². The summed E-state index contributed by atoms with van der Waals surface area (Å²) >= 11 is 0. The van der Waals surface area contributed by atoms with Crippen molar-refractivity contribution in [2.45, 2.75) is 50.7 Å². The number of methoxy groups -OCH3 is 1. The molecule has 8 nitrogen and oxygen atoms in total. The van der Waals surface area contributed by atoms with Crippen LogP contribution in [0, 0.1) is 5.92 Å². The summed E-state index contributed by atoms with van der Waals surface area (Å²) in [6.45, 7) is 0. The summed E-state index contributed by atoms with van der Waals surface area (Å²) in [5, 5.41) is 16.7. The molecule has 0 saturated heterocycles. The number of pyridine rings is 1. The van der Waals surface area contributed by atoms with Gasteiger partial charge in [-0.3, -0.25) is 14.6 Å². The number of carbonyl (C=O) groups is 2. The van der Waals surface area contributed by atoms with Gasteiger partial charge in [0.05, 0.1) is 25.5 Å². The summed E-state index contributed by atoms with van der Waals surface area (Å²) in [4.78, 5) is 27.7. The molecular formula is C18H24N4O4. The number of hydrazone groups is 1. The number of hydrogen-bond donors (Lipinski definition) is 3. The smallest absolute Gasteiger partial charge is 0.240 e. The predicted octanol–water partition coefficient (Wildman–Crippen LogP) is 1.06. The maximum Gasteiger partial charge on any atom is 0.240 e. The van der Waals surface area contributed by atoms with Crippen molar-refractivity contribution in [2.24, 2.45) is 11.0 Å². The second kappa shape index (κ2) is 8.27. The van der Waals surface area contributed by atoms with Crippen LogP contribution in [0.3, 0.4) is 0 Å². The van der Waals surface area contributed by atoms with Crippen molar-refractivity contribution < 1.29 is 19.4 Å². The van der Waals surface area contributed by atoms with Gasteiger partial charge < -0.3 is 15.2 Å². The highest BCUT2D eigenvalue weighted by atomic mass is 16.5. The summed E-state index contributed by atoms with van der Waals surface area (Å²) in [5.41, 5.74) is 4.15.